The van der Waals surface area contributed by atoms with Gasteiger partial charge in [0.2, 0.25) is 5.91 Å². The summed E-state index contributed by atoms with van der Waals surface area (Å²) in [5.41, 5.74) is 0. The number of halogens is 1. The maximum Gasteiger partial charge on any atom is 0.221 e. The fraction of sp³-hybridized carbons (Fsp3) is 0.688. The molecule has 2 rings (SSSR count). The van der Waals surface area contributed by atoms with Gasteiger partial charge in [0.1, 0.15) is 5.01 Å². The molecule has 1 aromatic heterocycles. The van der Waals surface area contributed by atoms with Crippen molar-refractivity contribution in [3.05, 3.63) is 16.1 Å². The first-order valence-corrected chi connectivity index (χ1v) is 9.22. The fourth-order valence-electron chi connectivity index (χ4n) is 2.63. The smallest absolute Gasteiger partial charge is 0.221 e. The molecular weight excluding hydrogens is 437 g/mol. The number of rotatable bonds is 7. The van der Waals surface area contributed by atoms with Crippen molar-refractivity contribution in [3.8, 4) is 0 Å². The molecule has 8 heteroatoms. The Bertz CT molecular complexity index is 528. The number of nitrogens with zero attached hydrogens (tertiary/aromatic N) is 2. The third-order valence-electron chi connectivity index (χ3n) is 3.75. The van der Waals surface area contributed by atoms with E-state index in [9.17, 15) is 4.79 Å². The van der Waals surface area contributed by atoms with Crippen molar-refractivity contribution in [2.75, 3.05) is 13.1 Å². The van der Waals surface area contributed by atoms with Crippen molar-refractivity contribution in [3.63, 3.8) is 0 Å². The molecule has 3 N–H and O–H groups in total. The predicted octanol–water partition coefficient (Wildman–Crippen LogP) is 2.57. The molecule has 0 aliphatic heterocycles. The zero-order chi connectivity index (χ0) is 16.5. The molecule has 1 aromatic rings. The normalized spacial score (nSPS) is 15.0. The van der Waals surface area contributed by atoms with Gasteiger partial charge in [0.25, 0.3) is 0 Å². The molecule has 0 aromatic carbocycles. The molecular formula is C16H28IN5OS. The molecule has 0 atom stereocenters. The number of carbonyl (C=O) groups is 1. The Morgan fingerprint density at radius 3 is 2.75 bits per heavy atom. The molecule has 1 aliphatic carbocycles. The molecule has 1 amide bonds. The number of aliphatic imine (C=N–C) groups is 1. The Balaban J connectivity index is 0.00000288. The molecule has 0 saturated heterocycles. The second-order valence-electron chi connectivity index (χ2n) is 5.79. The van der Waals surface area contributed by atoms with Gasteiger partial charge in [-0.2, -0.15) is 0 Å². The Hall–Kier alpha value is -0.900. The molecule has 1 fully saturated rings. The van der Waals surface area contributed by atoms with Crippen LogP contribution in [0.2, 0.25) is 0 Å². The SMILES string of the molecule is CCNC(=NCc1ncc(C)s1)NCCC(=O)NC1CCCC1.I. The van der Waals surface area contributed by atoms with Crippen LogP contribution in [0.3, 0.4) is 0 Å². The van der Waals surface area contributed by atoms with E-state index < -0.39 is 0 Å². The van der Waals surface area contributed by atoms with E-state index in [-0.39, 0.29) is 29.9 Å². The summed E-state index contributed by atoms with van der Waals surface area (Å²) in [6.07, 6.45) is 7.04. The largest absolute Gasteiger partial charge is 0.357 e. The van der Waals surface area contributed by atoms with E-state index >= 15 is 0 Å². The molecule has 0 bridgehead atoms. The first-order valence-electron chi connectivity index (χ1n) is 8.40. The number of carbonyl (C=O) groups excluding carboxylic acids is 1. The first-order chi connectivity index (χ1) is 11.2. The van der Waals surface area contributed by atoms with Crippen LogP contribution in [0.1, 0.15) is 48.9 Å². The number of thiazole rings is 1. The minimum Gasteiger partial charge on any atom is -0.357 e. The summed E-state index contributed by atoms with van der Waals surface area (Å²) in [6.45, 7) is 6.00. The van der Waals surface area contributed by atoms with E-state index in [0.29, 0.717) is 25.6 Å². The first kappa shape index (κ1) is 21.1. The van der Waals surface area contributed by atoms with Crippen molar-refractivity contribution in [1.29, 1.82) is 0 Å². The van der Waals surface area contributed by atoms with Gasteiger partial charge >= 0.3 is 0 Å². The number of aryl methyl sites for hydroxylation is 1. The van der Waals surface area contributed by atoms with E-state index in [0.717, 1.165) is 30.4 Å². The van der Waals surface area contributed by atoms with Crippen LogP contribution in [0, 0.1) is 6.92 Å². The van der Waals surface area contributed by atoms with Crippen LogP contribution in [0.15, 0.2) is 11.2 Å². The summed E-state index contributed by atoms with van der Waals surface area (Å²) in [4.78, 5) is 21.9. The third-order valence-corrected chi connectivity index (χ3v) is 4.65. The molecule has 0 radical (unpaired) electrons. The highest BCUT2D eigenvalue weighted by atomic mass is 127. The van der Waals surface area contributed by atoms with E-state index in [1.54, 1.807) is 11.3 Å². The lowest BCUT2D eigenvalue weighted by molar-refractivity contribution is -0.121. The van der Waals surface area contributed by atoms with Gasteiger partial charge in [0.15, 0.2) is 5.96 Å². The van der Waals surface area contributed by atoms with Crippen LogP contribution in [-0.2, 0) is 11.3 Å². The van der Waals surface area contributed by atoms with E-state index in [2.05, 4.69) is 25.9 Å². The summed E-state index contributed by atoms with van der Waals surface area (Å²) in [5, 5.41) is 10.5. The van der Waals surface area contributed by atoms with Gasteiger partial charge in [-0.3, -0.25) is 4.79 Å². The number of amides is 1. The van der Waals surface area contributed by atoms with Crippen molar-refractivity contribution < 1.29 is 4.79 Å². The Kier molecular flexibility index (Phi) is 10.2. The average Bonchev–Trinajstić information content (AvgIpc) is 3.16. The standard InChI is InChI=1S/C16H27N5OS.HI/c1-3-17-16(20-11-15-19-10-12(2)23-15)18-9-8-14(22)21-13-6-4-5-7-13;/h10,13H,3-9,11H2,1-2H3,(H,21,22)(H2,17,18,20);1H. The third kappa shape index (κ3) is 7.78. The molecule has 136 valence electrons. The number of guanidine groups is 1. The second-order valence-corrected chi connectivity index (χ2v) is 7.10. The summed E-state index contributed by atoms with van der Waals surface area (Å²) < 4.78 is 0. The number of hydrogen-bond donors (Lipinski definition) is 3. The fourth-order valence-corrected chi connectivity index (χ4v) is 3.34. The Morgan fingerprint density at radius 1 is 1.38 bits per heavy atom. The highest BCUT2D eigenvalue weighted by molar-refractivity contribution is 14.0. The molecule has 0 unspecified atom stereocenters. The summed E-state index contributed by atoms with van der Waals surface area (Å²) >= 11 is 1.66. The number of hydrogen-bond acceptors (Lipinski definition) is 4. The molecule has 1 heterocycles. The monoisotopic (exact) mass is 465 g/mol. The van der Waals surface area contributed by atoms with Gasteiger partial charge in [0.05, 0.1) is 6.54 Å². The van der Waals surface area contributed by atoms with Gasteiger partial charge in [-0.1, -0.05) is 12.8 Å². The van der Waals surface area contributed by atoms with Crippen molar-refractivity contribution in [2.24, 2.45) is 4.99 Å². The lowest BCUT2D eigenvalue weighted by atomic mass is 10.2. The Labute approximate surface area is 165 Å². The van der Waals surface area contributed by atoms with Crippen molar-refractivity contribution >= 4 is 47.2 Å². The summed E-state index contributed by atoms with van der Waals surface area (Å²) in [5.74, 6) is 0.852. The maximum atomic E-state index is 11.9. The number of nitrogens with one attached hydrogen (secondary N) is 3. The van der Waals surface area contributed by atoms with E-state index in [1.165, 1.54) is 17.7 Å². The van der Waals surface area contributed by atoms with Crippen LogP contribution >= 0.6 is 35.3 Å². The zero-order valence-electron chi connectivity index (χ0n) is 14.4. The van der Waals surface area contributed by atoms with Gasteiger partial charge < -0.3 is 16.0 Å². The van der Waals surface area contributed by atoms with Crippen molar-refractivity contribution in [1.82, 2.24) is 20.9 Å². The van der Waals surface area contributed by atoms with Gasteiger partial charge in [-0.05, 0) is 26.7 Å². The van der Waals surface area contributed by atoms with Gasteiger partial charge in [0, 0.05) is 36.6 Å². The quantitative estimate of drug-likeness (QED) is 0.329. The molecule has 24 heavy (non-hydrogen) atoms. The second kappa shape index (κ2) is 11.6. The van der Waals surface area contributed by atoms with Gasteiger partial charge in [-0.25, -0.2) is 9.98 Å². The highest BCUT2D eigenvalue weighted by Crippen LogP contribution is 2.17. The molecule has 1 saturated carbocycles. The topological polar surface area (TPSA) is 78.4 Å². The lowest BCUT2D eigenvalue weighted by Crippen LogP contribution is -2.40. The maximum absolute atomic E-state index is 11.9. The van der Waals surface area contributed by atoms with Crippen LogP contribution < -0.4 is 16.0 Å². The highest BCUT2D eigenvalue weighted by Gasteiger charge is 2.16. The summed E-state index contributed by atoms with van der Waals surface area (Å²) in [7, 11) is 0. The zero-order valence-corrected chi connectivity index (χ0v) is 17.6. The van der Waals surface area contributed by atoms with Gasteiger partial charge in [-0.15, -0.1) is 35.3 Å². The van der Waals surface area contributed by atoms with Crippen LogP contribution in [0.25, 0.3) is 0 Å². The van der Waals surface area contributed by atoms with Crippen LogP contribution in [0.4, 0.5) is 0 Å². The molecule has 0 spiro atoms. The number of aromatic nitrogens is 1. The molecule has 1 aliphatic rings. The minimum atomic E-state index is 0. The molecule has 6 nitrogen and oxygen atoms in total. The lowest BCUT2D eigenvalue weighted by Gasteiger charge is -2.13. The summed E-state index contributed by atoms with van der Waals surface area (Å²) in [6, 6.07) is 0.387. The van der Waals surface area contributed by atoms with Crippen molar-refractivity contribution in [2.45, 2.75) is 58.5 Å². The van der Waals surface area contributed by atoms with E-state index in [1.807, 2.05) is 20.0 Å². The van der Waals surface area contributed by atoms with Crippen LogP contribution in [0.5, 0.6) is 0 Å². The van der Waals surface area contributed by atoms with E-state index in [4.69, 9.17) is 0 Å². The predicted molar refractivity (Wildman–Crippen MR) is 110 cm³/mol. The Morgan fingerprint density at radius 2 is 2.12 bits per heavy atom. The average molecular weight is 465 g/mol. The minimum absolute atomic E-state index is 0. The van der Waals surface area contributed by atoms with Crippen LogP contribution in [-0.4, -0.2) is 36.0 Å².